The van der Waals surface area contributed by atoms with Gasteiger partial charge in [-0.05, 0) is 83.1 Å². The predicted octanol–water partition coefficient (Wildman–Crippen LogP) is 3.96. The van der Waals surface area contributed by atoms with Crippen LogP contribution in [0, 0.1) is 5.92 Å². The van der Waals surface area contributed by atoms with Crippen molar-refractivity contribution in [2.75, 3.05) is 6.54 Å². The fourth-order valence-corrected chi connectivity index (χ4v) is 5.17. The van der Waals surface area contributed by atoms with Gasteiger partial charge in [0.05, 0.1) is 11.7 Å². The third-order valence-corrected chi connectivity index (χ3v) is 7.47. The Morgan fingerprint density at radius 3 is 2.43 bits per heavy atom. The number of halogens is 4. The normalized spacial score (nSPS) is 16.5. The van der Waals surface area contributed by atoms with Crippen LogP contribution in [0.2, 0.25) is 5.02 Å². The van der Waals surface area contributed by atoms with Crippen molar-refractivity contribution < 1.29 is 32.7 Å². The number of hydrogen-bond acceptors (Lipinski definition) is 7. The lowest BCUT2D eigenvalue weighted by Gasteiger charge is -2.18. The predicted molar refractivity (Wildman–Crippen MR) is 163 cm³/mol. The molecule has 15 heteroatoms. The van der Waals surface area contributed by atoms with Gasteiger partial charge in [-0.15, -0.1) is 5.10 Å². The Balaban J connectivity index is 0.000000617. The number of nitrogens with zero attached hydrogens (tertiary/aromatic N) is 4. The molecule has 0 bridgehead atoms. The molecule has 1 aromatic heterocycles. The van der Waals surface area contributed by atoms with Crippen LogP contribution in [0.3, 0.4) is 0 Å². The van der Waals surface area contributed by atoms with Crippen LogP contribution in [0.5, 0.6) is 0 Å². The number of benzene rings is 3. The molecule has 0 aliphatic carbocycles. The number of rotatable bonds is 9. The van der Waals surface area contributed by atoms with Crippen molar-refractivity contribution >= 4 is 29.4 Å². The quantitative estimate of drug-likeness (QED) is 0.211. The Bertz CT molecular complexity index is 1640. The standard InChI is InChI=1S/C29H30ClN7O2.C2HF3O2/c1-19(28(38)32-17-23-15-24(30)11-12-27(23)37-18-33-35-36-37)34-29(39)26-14-20(16-31-26)13-22-9-5-6-10-25(22)21-7-3-2-4-8-21;3-2(4,5)1(6)7/h2-12,15,18-20,26,31H,13-14,16-17H2,1H3,(H,32,38)(H,34,39);(H,6,7)/t19-,20-,26+;/m0./s1. The molecule has 46 heavy (non-hydrogen) atoms. The van der Waals surface area contributed by atoms with Gasteiger partial charge in [0, 0.05) is 11.6 Å². The van der Waals surface area contributed by atoms with Gasteiger partial charge in [0.25, 0.3) is 0 Å². The van der Waals surface area contributed by atoms with E-state index in [0.29, 0.717) is 23.0 Å². The lowest BCUT2D eigenvalue weighted by Crippen LogP contribution is -2.50. The van der Waals surface area contributed by atoms with Gasteiger partial charge in [-0.1, -0.05) is 66.2 Å². The number of carboxylic acids is 1. The maximum atomic E-state index is 13.0. The summed E-state index contributed by atoms with van der Waals surface area (Å²) in [4.78, 5) is 34.7. The minimum atomic E-state index is -5.08. The van der Waals surface area contributed by atoms with Crippen molar-refractivity contribution in [2.24, 2.45) is 5.92 Å². The molecule has 0 radical (unpaired) electrons. The third-order valence-electron chi connectivity index (χ3n) is 7.23. The molecule has 0 unspecified atom stereocenters. The van der Waals surface area contributed by atoms with Crippen molar-refractivity contribution in [3.8, 4) is 16.8 Å². The van der Waals surface area contributed by atoms with Gasteiger partial charge >= 0.3 is 12.1 Å². The first-order chi connectivity index (χ1) is 21.9. The fraction of sp³-hybridized carbons (Fsp3) is 0.290. The zero-order chi connectivity index (χ0) is 33.3. The Labute approximate surface area is 267 Å². The summed E-state index contributed by atoms with van der Waals surface area (Å²) in [5.41, 5.74) is 5.14. The second-order valence-corrected chi connectivity index (χ2v) is 11.0. The Morgan fingerprint density at radius 1 is 1.07 bits per heavy atom. The number of aromatic nitrogens is 4. The van der Waals surface area contributed by atoms with Crippen molar-refractivity contribution in [1.29, 1.82) is 0 Å². The summed E-state index contributed by atoms with van der Waals surface area (Å²) < 4.78 is 33.2. The number of alkyl halides is 3. The van der Waals surface area contributed by atoms with E-state index >= 15 is 0 Å². The Kier molecular flexibility index (Phi) is 11.4. The molecular formula is C31H31ClF3N7O4. The van der Waals surface area contributed by atoms with E-state index in [0.717, 1.165) is 18.5 Å². The molecule has 1 aliphatic heterocycles. The highest BCUT2D eigenvalue weighted by molar-refractivity contribution is 6.30. The molecule has 3 atom stereocenters. The second-order valence-electron chi connectivity index (χ2n) is 10.6. The molecule has 2 amide bonds. The fourth-order valence-electron chi connectivity index (χ4n) is 4.98. The van der Waals surface area contributed by atoms with Gasteiger partial charge in [0.2, 0.25) is 11.8 Å². The number of aliphatic carboxylic acids is 1. The van der Waals surface area contributed by atoms with Gasteiger partial charge in [-0.25, -0.2) is 9.48 Å². The minimum absolute atomic E-state index is 0.173. The van der Waals surface area contributed by atoms with Gasteiger partial charge in [-0.2, -0.15) is 13.2 Å². The number of carboxylic acid groups (broad SMARTS) is 1. The van der Waals surface area contributed by atoms with E-state index in [1.165, 1.54) is 27.7 Å². The SMILES string of the molecule is C[C@H](NC(=O)[C@H]1C[C@H](Cc2ccccc2-c2ccccc2)CN1)C(=O)NCc1cc(Cl)ccc1-n1cnnn1.O=C(O)C(F)(F)F. The van der Waals surface area contributed by atoms with Crippen molar-refractivity contribution in [3.63, 3.8) is 0 Å². The number of tetrazole rings is 1. The average Bonchev–Trinajstić information content (AvgIpc) is 3.74. The average molecular weight is 658 g/mol. The topological polar surface area (TPSA) is 151 Å². The van der Waals surface area contributed by atoms with Crippen LogP contribution >= 0.6 is 11.6 Å². The highest BCUT2D eigenvalue weighted by Gasteiger charge is 2.38. The van der Waals surface area contributed by atoms with Crippen LogP contribution in [-0.4, -0.2) is 67.9 Å². The summed E-state index contributed by atoms with van der Waals surface area (Å²) in [7, 11) is 0. The van der Waals surface area contributed by atoms with E-state index in [1.807, 2.05) is 18.2 Å². The van der Waals surface area contributed by atoms with Gasteiger partial charge in [0.15, 0.2) is 0 Å². The second kappa shape index (κ2) is 15.5. The zero-order valence-corrected chi connectivity index (χ0v) is 25.3. The Hall–Kier alpha value is -4.82. The molecule has 4 N–H and O–H groups in total. The summed E-state index contributed by atoms with van der Waals surface area (Å²) in [6, 6.07) is 23.0. The van der Waals surface area contributed by atoms with Crippen molar-refractivity contribution in [2.45, 2.75) is 44.6 Å². The van der Waals surface area contributed by atoms with Gasteiger partial charge in [-0.3, -0.25) is 9.59 Å². The molecule has 1 saturated heterocycles. The Morgan fingerprint density at radius 2 is 1.76 bits per heavy atom. The van der Waals surface area contributed by atoms with E-state index in [2.05, 4.69) is 67.9 Å². The van der Waals surface area contributed by atoms with Crippen LogP contribution < -0.4 is 16.0 Å². The molecule has 4 aromatic rings. The molecule has 0 saturated carbocycles. The summed E-state index contributed by atoms with van der Waals surface area (Å²) in [6.45, 7) is 2.63. The number of hydrogen-bond donors (Lipinski definition) is 4. The van der Waals surface area contributed by atoms with Crippen LogP contribution in [0.15, 0.2) is 79.1 Å². The van der Waals surface area contributed by atoms with Crippen LogP contribution in [0.1, 0.15) is 24.5 Å². The first-order valence-electron chi connectivity index (χ1n) is 14.2. The molecule has 5 rings (SSSR count). The lowest BCUT2D eigenvalue weighted by molar-refractivity contribution is -0.192. The maximum absolute atomic E-state index is 13.0. The van der Waals surface area contributed by atoms with Crippen molar-refractivity contribution in [1.82, 2.24) is 36.2 Å². The first kappa shape index (κ1) is 34.1. The molecule has 242 valence electrons. The highest BCUT2D eigenvalue weighted by atomic mass is 35.5. The number of nitrogens with one attached hydrogen (secondary N) is 3. The van der Waals surface area contributed by atoms with E-state index in [1.54, 1.807) is 25.1 Å². The van der Waals surface area contributed by atoms with Crippen LogP contribution in [0.4, 0.5) is 13.2 Å². The molecule has 1 aliphatic rings. The summed E-state index contributed by atoms with van der Waals surface area (Å²) in [5.74, 6) is -2.90. The maximum Gasteiger partial charge on any atom is 0.490 e. The van der Waals surface area contributed by atoms with E-state index in [-0.39, 0.29) is 24.4 Å². The zero-order valence-electron chi connectivity index (χ0n) is 24.5. The monoisotopic (exact) mass is 657 g/mol. The van der Waals surface area contributed by atoms with Gasteiger partial charge in [0.1, 0.15) is 12.4 Å². The summed E-state index contributed by atoms with van der Waals surface area (Å²) in [5, 5.41) is 28.0. The molecule has 1 fully saturated rings. The molecule has 3 aromatic carbocycles. The number of carbonyl (C=O) groups is 3. The van der Waals surface area contributed by atoms with E-state index < -0.39 is 18.2 Å². The van der Waals surface area contributed by atoms with E-state index in [9.17, 15) is 22.8 Å². The number of carbonyl (C=O) groups excluding carboxylic acids is 2. The molecule has 11 nitrogen and oxygen atoms in total. The first-order valence-corrected chi connectivity index (χ1v) is 14.6. The third kappa shape index (κ3) is 9.34. The largest absolute Gasteiger partial charge is 0.490 e. The highest BCUT2D eigenvalue weighted by Crippen LogP contribution is 2.28. The van der Waals surface area contributed by atoms with E-state index in [4.69, 9.17) is 21.5 Å². The van der Waals surface area contributed by atoms with Crippen molar-refractivity contribution in [3.05, 3.63) is 95.3 Å². The summed E-state index contributed by atoms with van der Waals surface area (Å²) in [6.07, 6.45) is -2.03. The molecular weight excluding hydrogens is 627 g/mol. The van der Waals surface area contributed by atoms with Crippen LogP contribution in [0.25, 0.3) is 16.8 Å². The molecule has 0 spiro atoms. The minimum Gasteiger partial charge on any atom is -0.475 e. The molecule has 2 heterocycles. The lowest BCUT2D eigenvalue weighted by atomic mass is 9.91. The van der Waals surface area contributed by atoms with Crippen LogP contribution in [-0.2, 0) is 27.3 Å². The van der Waals surface area contributed by atoms with Gasteiger partial charge < -0.3 is 21.1 Å². The number of amides is 2. The smallest absolute Gasteiger partial charge is 0.475 e. The summed E-state index contributed by atoms with van der Waals surface area (Å²) >= 11 is 6.16.